The van der Waals surface area contributed by atoms with E-state index in [1.54, 1.807) is 11.8 Å². The number of benzene rings is 1. The van der Waals surface area contributed by atoms with E-state index in [2.05, 4.69) is 64.8 Å². The van der Waals surface area contributed by atoms with Crippen molar-refractivity contribution in [1.29, 1.82) is 0 Å². The Labute approximate surface area is 374 Å². The highest BCUT2D eigenvalue weighted by Gasteiger charge is 2.49. The largest absolute Gasteiger partial charge is 0.361 e. The number of amides is 6. The minimum absolute atomic E-state index is 0.0208. The van der Waals surface area contributed by atoms with Crippen LogP contribution >= 0.6 is 34.4 Å². The molecule has 2 saturated heterocycles. The quantitative estimate of drug-likeness (QED) is 0.126. The summed E-state index contributed by atoms with van der Waals surface area (Å²) in [5, 5.41) is 22.2. The van der Waals surface area contributed by atoms with Gasteiger partial charge in [-0.3, -0.25) is 34.1 Å². The molecule has 0 spiro atoms. The first-order valence-electron chi connectivity index (χ1n) is 21.6. The molecule has 8 N–H and O–H groups in total. The van der Waals surface area contributed by atoms with E-state index in [4.69, 9.17) is 0 Å². The zero-order valence-electron chi connectivity index (χ0n) is 37.2. The Kier molecular flexibility index (Phi) is 17.8. The zero-order valence-corrected chi connectivity index (χ0v) is 40.1. The molecule has 334 valence electrons. The average molecular weight is 965 g/mol. The summed E-state index contributed by atoms with van der Waals surface area (Å²) in [6, 6.07) is 2.03. The van der Waals surface area contributed by atoms with E-state index in [-0.39, 0.29) is 64.0 Å². The number of thioether (sulfide) groups is 1. The fourth-order valence-electron chi connectivity index (χ4n) is 7.93. The third kappa shape index (κ3) is 13.1. The van der Waals surface area contributed by atoms with Gasteiger partial charge in [-0.15, -0.1) is 11.8 Å². The molecule has 1 aromatic carbocycles. The van der Waals surface area contributed by atoms with E-state index in [0.29, 0.717) is 12.8 Å². The first-order chi connectivity index (χ1) is 28.1. The van der Waals surface area contributed by atoms with Crippen molar-refractivity contribution in [1.82, 2.24) is 42.2 Å². The fraction of sp³-hybridized carbons (Fsp3) is 0.682. The van der Waals surface area contributed by atoms with Crippen molar-refractivity contribution in [2.24, 2.45) is 23.7 Å². The van der Waals surface area contributed by atoms with E-state index in [1.807, 2.05) is 107 Å². The molecule has 10 atom stereocenters. The number of fused-ring (bicyclic) bond motifs is 3. The number of hydrogen-bond acceptors (Lipinski definition) is 8. The van der Waals surface area contributed by atoms with E-state index >= 15 is 0 Å². The summed E-state index contributed by atoms with van der Waals surface area (Å²) in [5.74, 6) is -3.17. The molecule has 10 unspecified atom stereocenters. The molecule has 4 rings (SSSR count). The summed E-state index contributed by atoms with van der Waals surface area (Å²) in [6.45, 7) is 21.4. The monoisotopic (exact) mass is 964 g/mol. The van der Waals surface area contributed by atoms with Gasteiger partial charge in [-0.05, 0) is 62.0 Å². The minimum atomic E-state index is -1.08. The lowest BCUT2D eigenvalue weighted by Gasteiger charge is -2.32. The molecule has 16 heteroatoms. The number of hydrogen-bond donors (Lipinski definition) is 8. The first-order valence-corrected chi connectivity index (χ1v) is 23.7. The van der Waals surface area contributed by atoms with E-state index in [9.17, 15) is 28.8 Å². The van der Waals surface area contributed by atoms with Crippen LogP contribution in [-0.4, -0.2) is 96.8 Å². The Morgan fingerprint density at radius 2 is 1.35 bits per heavy atom. The maximum absolute atomic E-state index is 14.4. The third-order valence-corrected chi connectivity index (χ3v) is 13.7. The minimum Gasteiger partial charge on any atom is -0.361 e. The van der Waals surface area contributed by atoms with Crippen LogP contribution in [0.4, 0.5) is 0 Å². The lowest BCUT2D eigenvalue weighted by Crippen LogP contribution is -2.61. The van der Waals surface area contributed by atoms with Crippen molar-refractivity contribution in [3.63, 3.8) is 0 Å². The SMILES string of the molecule is CCC(C)C1CC(=O)NC(Cc2c[nH]c3ccccc23)C(=O)NC(CC(C)C)C(=O)NC(C(C)C)C(=O)NC(CC(C)I)C(=O)NC(C(C)C)C2NC(C(=O)N1)C(C)(C)S2. The van der Waals surface area contributed by atoms with Crippen LogP contribution in [0.1, 0.15) is 107 Å². The molecule has 14 nitrogen and oxygen atoms in total. The number of carbonyl (C=O) groups excluding carboxylic acids is 6. The van der Waals surface area contributed by atoms with E-state index in [0.717, 1.165) is 16.5 Å². The normalized spacial score (nSPS) is 28.9. The second-order valence-corrected chi connectivity index (χ2v) is 22.3. The summed E-state index contributed by atoms with van der Waals surface area (Å²) < 4.78 is -0.568. The van der Waals surface area contributed by atoms with Crippen molar-refractivity contribution in [3.05, 3.63) is 36.0 Å². The number of nitrogens with one attached hydrogen (secondary N) is 8. The van der Waals surface area contributed by atoms with Gasteiger partial charge in [-0.25, -0.2) is 0 Å². The van der Waals surface area contributed by atoms with Crippen molar-refractivity contribution in [2.75, 3.05) is 0 Å². The summed E-state index contributed by atoms with van der Waals surface area (Å²) in [5.41, 5.74) is 1.69. The van der Waals surface area contributed by atoms with Gasteiger partial charge in [0.15, 0.2) is 0 Å². The highest BCUT2D eigenvalue weighted by Crippen LogP contribution is 2.40. The van der Waals surface area contributed by atoms with Gasteiger partial charge >= 0.3 is 0 Å². The molecule has 6 amide bonds. The van der Waals surface area contributed by atoms with Crippen LogP contribution < -0.4 is 37.2 Å². The molecule has 2 fully saturated rings. The van der Waals surface area contributed by atoms with Gasteiger partial charge in [0.1, 0.15) is 30.2 Å². The van der Waals surface area contributed by atoms with Crippen LogP contribution in [0, 0.1) is 23.7 Å². The molecule has 2 bridgehead atoms. The van der Waals surface area contributed by atoms with Gasteiger partial charge in [-0.1, -0.05) is 110 Å². The van der Waals surface area contributed by atoms with Crippen molar-refractivity contribution < 1.29 is 28.8 Å². The maximum atomic E-state index is 14.4. The van der Waals surface area contributed by atoms with Gasteiger partial charge in [0, 0.05) is 44.7 Å². The predicted molar refractivity (Wildman–Crippen MR) is 247 cm³/mol. The number of aromatic nitrogens is 1. The number of alkyl halides is 1. The molecule has 1 aromatic heterocycles. The van der Waals surface area contributed by atoms with Crippen molar-refractivity contribution in [2.45, 2.75) is 165 Å². The first kappa shape index (κ1) is 49.3. The van der Waals surface area contributed by atoms with Crippen LogP contribution in [0.25, 0.3) is 10.9 Å². The Hall–Kier alpha value is -3.38. The average Bonchev–Trinajstić information content (AvgIpc) is 3.72. The van der Waals surface area contributed by atoms with Gasteiger partial charge in [0.25, 0.3) is 0 Å². The molecular weight excluding hydrogens is 896 g/mol. The van der Waals surface area contributed by atoms with E-state index < -0.39 is 70.7 Å². The van der Waals surface area contributed by atoms with Crippen LogP contribution in [0.5, 0.6) is 0 Å². The molecule has 2 aliphatic rings. The standard InChI is InChI=1S/C44H69IN8O6S/c1-12-25(8)30-20-34(54)47-33(19-27-21-46-29-16-14-13-15-28(27)29)38(55)49-31(17-22(2)3)39(56)51-35(23(4)5)41(58)50-32(18-26(9)45)40(57)52-36(24(6)7)43-53-37(42(59)48-30)44(10,11)60-43/h13-16,21-26,30-33,35-37,43,46,53H,12,17-20H2,1-11H3,(H,47,54)(H,48,59)(H,49,55)(H,50,58)(H,51,56)(H,52,57). The Morgan fingerprint density at radius 1 is 0.733 bits per heavy atom. The lowest BCUT2D eigenvalue weighted by atomic mass is 9.93. The smallest absolute Gasteiger partial charge is 0.243 e. The summed E-state index contributed by atoms with van der Waals surface area (Å²) in [7, 11) is 0. The number of aromatic amines is 1. The van der Waals surface area contributed by atoms with Gasteiger partial charge < -0.3 is 36.9 Å². The topological polar surface area (TPSA) is 202 Å². The van der Waals surface area contributed by atoms with Crippen LogP contribution in [0.3, 0.4) is 0 Å². The number of H-pyrrole nitrogens is 1. The van der Waals surface area contributed by atoms with E-state index in [1.165, 1.54) is 0 Å². The molecule has 0 aliphatic carbocycles. The molecule has 0 saturated carbocycles. The summed E-state index contributed by atoms with van der Waals surface area (Å²) in [4.78, 5) is 88.5. The molecule has 3 heterocycles. The highest BCUT2D eigenvalue weighted by molar-refractivity contribution is 14.1. The van der Waals surface area contributed by atoms with Crippen LogP contribution in [0.15, 0.2) is 30.5 Å². The zero-order chi connectivity index (χ0) is 44.6. The Morgan fingerprint density at radius 3 is 1.97 bits per heavy atom. The molecule has 0 radical (unpaired) electrons. The number of carbonyl (C=O) groups is 6. The predicted octanol–water partition coefficient (Wildman–Crippen LogP) is 4.45. The highest BCUT2D eigenvalue weighted by atomic mass is 127. The van der Waals surface area contributed by atoms with Gasteiger partial charge in [-0.2, -0.15) is 0 Å². The van der Waals surface area contributed by atoms with Crippen molar-refractivity contribution in [3.8, 4) is 0 Å². The second kappa shape index (κ2) is 21.6. The van der Waals surface area contributed by atoms with Crippen LogP contribution in [-0.2, 0) is 35.2 Å². The fourth-order valence-corrected chi connectivity index (χ4v) is 10.1. The summed E-state index contributed by atoms with van der Waals surface area (Å²) >= 11 is 3.80. The summed E-state index contributed by atoms with van der Waals surface area (Å²) in [6.07, 6.45) is 3.16. The van der Waals surface area contributed by atoms with Gasteiger partial charge in [0.05, 0.1) is 11.4 Å². The number of halogens is 1. The Balaban J connectivity index is 1.79. The van der Waals surface area contributed by atoms with Gasteiger partial charge in [0.2, 0.25) is 35.4 Å². The molecule has 2 aromatic rings. The lowest BCUT2D eigenvalue weighted by molar-refractivity contribution is -0.135. The number of para-hydroxylation sites is 1. The van der Waals surface area contributed by atoms with Crippen molar-refractivity contribution >= 4 is 80.7 Å². The third-order valence-electron chi connectivity index (χ3n) is 11.7. The molecular formula is C44H69IN8O6S. The van der Waals surface area contributed by atoms with Crippen LogP contribution in [0.2, 0.25) is 0 Å². The second-order valence-electron chi connectivity index (χ2n) is 18.4. The molecule has 2 aliphatic heterocycles. The maximum Gasteiger partial charge on any atom is 0.243 e. The number of rotatable bonds is 10. The molecule has 60 heavy (non-hydrogen) atoms. The Bertz CT molecular complexity index is 1830.